The Kier molecular flexibility index (Phi) is 8.13. The average molecular weight is 576 g/mol. The molecule has 0 radical (unpaired) electrons. The van der Waals surface area contributed by atoms with Crippen molar-refractivity contribution in [2.45, 2.75) is 125 Å². The van der Waals surface area contributed by atoms with Gasteiger partial charge in [-0.15, -0.1) is 0 Å². The second-order valence-electron chi connectivity index (χ2n) is 15.7. The molecule has 2 heterocycles. The maximum atomic E-state index is 6.87. The van der Waals surface area contributed by atoms with Gasteiger partial charge >= 0.3 is 8.24 Å². The standard InChI is InChI=1S/C36H50NO3P/c1-22-16-15-17-30(37-22)23(2)38-41-39-31-26(18-24(33(3,4)5)20-28(31)35(9,10)11)27-19-25(34(6,7)8)21-29(32(27)40-41)36(12,13)14/h15-21,23H,1-14H3/t23-/m0/s1. The van der Waals surface area contributed by atoms with Gasteiger partial charge < -0.3 is 8.39 Å². The van der Waals surface area contributed by atoms with E-state index in [4.69, 9.17) is 17.9 Å². The van der Waals surface area contributed by atoms with Crippen LogP contribution in [0, 0.1) is 6.92 Å². The molecule has 4 rings (SSSR count). The zero-order valence-electron chi connectivity index (χ0n) is 27.7. The summed E-state index contributed by atoms with van der Waals surface area (Å²) < 4.78 is 20.4. The van der Waals surface area contributed by atoms with Crippen LogP contribution in [0.2, 0.25) is 0 Å². The van der Waals surface area contributed by atoms with Gasteiger partial charge in [-0.1, -0.05) is 101 Å². The molecule has 0 saturated heterocycles. The van der Waals surface area contributed by atoms with Gasteiger partial charge in [0.25, 0.3) is 0 Å². The van der Waals surface area contributed by atoms with Crippen LogP contribution in [0.1, 0.15) is 130 Å². The number of hydrogen-bond acceptors (Lipinski definition) is 4. The third-order valence-corrected chi connectivity index (χ3v) is 8.87. The van der Waals surface area contributed by atoms with Gasteiger partial charge in [0.2, 0.25) is 0 Å². The lowest BCUT2D eigenvalue weighted by Gasteiger charge is -2.27. The molecule has 4 aromatic rings. The molecular formula is C36H50NO3P. The Hall–Kier alpha value is -2.55. The van der Waals surface area contributed by atoms with E-state index in [0.29, 0.717) is 0 Å². The molecule has 2 aromatic heterocycles. The molecule has 0 aliphatic heterocycles. The van der Waals surface area contributed by atoms with Crippen molar-refractivity contribution < 1.29 is 12.9 Å². The summed E-state index contributed by atoms with van der Waals surface area (Å²) in [4.78, 5) is 4.72. The number of rotatable bonds is 3. The first-order valence-electron chi connectivity index (χ1n) is 14.8. The van der Waals surface area contributed by atoms with E-state index in [1.807, 2.05) is 32.0 Å². The summed E-state index contributed by atoms with van der Waals surface area (Å²) in [5.41, 5.74) is 8.01. The number of nitrogens with zero attached hydrogens (tertiary/aromatic N) is 1. The van der Waals surface area contributed by atoms with Gasteiger partial charge in [0.05, 0.1) is 5.69 Å². The van der Waals surface area contributed by atoms with Crippen molar-refractivity contribution in [2.75, 3.05) is 0 Å². The normalized spacial score (nSPS) is 14.1. The van der Waals surface area contributed by atoms with E-state index in [9.17, 15) is 0 Å². The average Bonchev–Trinajstić information content (AvgIpc) is 2.96. The van der Waals surface area contributed by atoms with Crippen molar-refractivity contribution in [3.63, 3.8) is 0 Å². The molecule has 2 aromatic carbocycles. The van der Waals surface area contributed by atoms with Gasteiger partial charge in [-0.05, 0) is 70.9 Å². The summed E-state index contributed by atoms with van der Waals surface area (Å²) in [6, 6.07) is 15.3. The fourth-order valence-electron chi connectivity index (χ4n) is 5.02. The van der Waals surface area contributed by atoms with Gasteiger partial charge in [-0.3, -0.25) is 9.51 Å². The third-order valence-electron chi connectivity index (χ3n) is 7.72. The summed E-state index contributed by atoms with van der Waals surface area (Å²) in [7, 11) is -1.79. The summed E-state index contributed by atoms with van der Waals surface area (Å²) in [6.45, 7) is 31.1. The molecule has 41 heavy (non-hydrogen) atoms. The molecule has 0 unspecified atom stereocenters. The van der Waals surface area contributed by atoms with Gasteiger partial charge in [0.1, 0.15) is 17.3 Å². The minimum atomic E-state index is -1.79. The van der Waals surface area contributed by atoms with Gasteiger partial charge in [-0.25, -0.2) is 0 Å². The van der Waals surface area contributed by atoms with Crippen LogP contribution in [0.4, 0.5) is 0 Å². The Morgan fingerprint density at radius 3 is 1.46 bits per heavy atom. The van der Waals surface area contributed by atoms with Crippen LogP contribution in [-0.2, 0) is 21.7 Å². The van der Waals surface area contributed by atoms with Crippen molar-refractivity contribution in [1.82, 2.24) is 4.98 Å². The predicted molar refractivity (Wildman–Crippen MR) is 175 cm³/mol. The first kappa shape index (κ1) is 31.4. The Labute approximate surface area is 248 Å². The van der Waals surface area contributed by atoms with Crippen LogP contribution in [-0.4, -0.2) is 4.98 Å². The minimum absolute atomic E-state index is 0.0383. The lowest BCUT2D eigenvalue weighted by molar-refractivity contribution is 0.279. The molecule has 4 nitrogen and oxygen atoms in total. The zero-order valence-corrected chi connectivity index (χ0v) is 28.6. The molecule has 0 spiro atoms. The minimum Gasteiger partial charge on any atom is -0.399 e. The molecule has 0 N–H and O–H groups in total. The fourth-order valence-corrected chi connectivity index (χ4v) is 6.20. The maximum Gasteiger partial charge on any atom is 0.388 e. The van der Waals surface area contributed by atoms with E-state index in [-0.39, 0.29) is 27.8 Å². The van der Waals surface area contributed by atoms with Crippen LogP contribution in [0.3, 0.4) is 0 Å². The highest BCUT2D eigenvalue weighted by molar-refractivity contribution is 7.31. The number of hydrogen-bond donors (Lipinski definition) is 0. The van der Waals surface area contributed by atoms with Crippen LogP contribution < -0.4 is 4.52 Å². The number of fused-ring (bicyclic) bond motifs is 3. The highest BCUT2D eigenvalue weighted by Gasteiger charge is 2.29. The quantitative estimate of drug-likeness (QED) is 0.244. The highest BCUT2D eigenvalue weighted by Crippen LogP contribution is 2.45. The summed E-state index contributed by atoms with van der Waals surface area (Å²) in [5, 5.41) is 2.15. The smallest absolute Gasteiger partial charge is 0.388 e. The van der Waals surface area contributed by atoms with E-state index < -0.39 is 8.24 Å². The van der Waals surface area contributed by atoms with Crippen molar-refractivity contribution in [3.8, 4) is 0 Å². The second kappa shape index (κ2) is 10.6. The number of benzene rings is 2. The molecule has 0 amide bonds. The van der Waals surface area contributed by atoms with Crippen LogP contribution >= 0.6 is 8.24 Å². The van der Waals surface area contributed by atoms with E-state index >= 15 is 0 Å². The van der Waals surface area contributed by atoms with Gasteiger partial charge in [0, 0.05) is 27.6 Å². The molecule has 0 saturated carbocycles. The second-order valence-corrected chi connectivity index (χ2v) is 16.7. The van der Waals surface area contributed by atoms with Crippen molar-refractivity contribution >= 4 is 30.2 Å². The van der Waals surface area contributed by atoms with Crippen molar-refractivity contribution in [1.29, 1.82) is 0 Å². The third kappa shape index (κ3) is 6.76. The van der Waals surface area contributed by atoms with E-state index in [1.165, 1.54) is 11.1 Å². The van der Waals surface area contributed by atoms with Crippen LogP contribution in [0.15, 0.2) is 50.9 Å². The fraction of sp³-hybridized carbons (Fsp3) is 0.528. The molecule has 222 valence electrons. The van der Waals surface area contributed by atoms with Crippen molar-refractivity contribution in [2.24, 2.45) is 0 Å². The first-order valence-corrected chi connectivity index (χ1v) is 15.9. The van der Waals surface area contributed by atoms with E-state index in [0.717, 1.165) is 44.5 Å². The van der Waals surface area contributed by atoms with Gasteiger partial charge in [0.15, 0.2) is 0 Å². The summed E-state index contributed by atoms with van der Waals surface area (Å²) in [6.07, 6.45) is -0.301. The zero-order chi connectivity index (χ0) is 30.7. The largest absolute Gasteiger partial charge is 0.399 e. The highest BCUT2D eigenvalue weighted by atomic mass is 31.1. The summed E-state index contributed by atoms with van der Waals surface area (Å²) >= 11 is 0. The van der Waals surface area contributed by atoms with Crippen LogP contribution in [0.25, 0.3) is 21.9 Å². The van der Waals surface area contributed by atoms with E-state index in [2.05, 4.69) is 107 Å². The molecular weight excluding hydrogens is 525 g/mol. The number of pyridine rings is 1. The number of aromatic nitrogens is 1. The van der Waals surface area contributed by atoms with Crippen LogP contribution in [0.5, 0.6) is 0 Å². The molecule has 0 aliphatic rings. The predicted octanol–water partition coefficient (Wildman–Crippen LogP) is 11.4. The summed E-state index contributed by atoms with van der Waals surface area (Å²) in [5.74, 6) is 0. The maximum absolute atomic E-state index is 6.87. The Morgan fingerprint density at radius 2 is 1.10 bits per heavy atom. The monoisotopic (exact) mass is 575 g/mol. The SMILES string of the molecule is Cc1cccc([C@H](C)Op2oc3c(C(C)(C)C)cc(C(C)(C)C)cc3c3cc(C(C)(C)C)cc(C(C)(C)C)c3o2)n1. The van der Waals surface area contributed by atoms with E-state index in [1.54, 1.807) is 0 Å². The Balaban J connectivity index is 2.23. The molecule has 1 atom stereocenters. The Morgan fingerprint density at radius 1 is 0.659 bits per heavy atom. The van der Waals surface area contributed by atoms with Gasteiger partial charge in [-0.2, -0.15) is 0 Å². The molecule has 0 bridgehead atoms. The Bertz CT molecular complexity index is 1530. The topological polar surface area (TPSA) is 48.4 Å². The lowest BCUT2D eigenvalue weighted by Crippen LogP contribution is -2.17. The number of aryl methyl sites for hydroxylation is 1. The lowest BCUT2D eigenvalue weighted by atomic mass is 9.77. The molecule has 0 aliphatic carbocycles. The first-order chi connectivity index (χ1) is 18.7. The van der Waals surface area contributed by atoms with Crippen molar-refractivity contribution in [3.05, 3.63) is 76.1 Å². The molecule has 5 heteroatoms. The molecule has 0 fully saturated rings.